The van der Waals surface area contributed by atoms with Gasteiger partial charge in [0.25, 0.3) is 0 Å². The first-order valence-electron chi connectivity index (χ1n) is 10.8. The van der Waals surface area contributed by atoms with Crippen molar-refractivity contribution in [3.8, 4) is 0 Å². The van der Waals surface area contributed by atoms with Crippen LogP contribution in [0.3, 0.4) is 0 Å². The Labute approximate surface area is 197 Å². The van der Waals surface area contributed by atoms with Crippen molar-refractivity contribution >= 4 is 35.9 Å². The van der Waals surface area contributed by atoms with Gasteiger partial charge < -0.3 is 25.0 Å². The van der Waals surface area contributed by atoms with E-state index >= 15 is 0 Å². The third-order valence-electron chi connectivity index (χ3n) is 5.09. The van der Waals surface area contributed by atoms with Gasteiger partial charge in [0.1, 0.15) is 0 Å². The fraction of sp³-hybridized carbons (Fsp3) is 0.750. The lowest BCUT2D eigenvalue weighted by atomic mass is 10.3. The van der Waals surface area contributed by atoms with E-state index < -0.39 is 0 Å². The van der Waals surface area contributed by atoms with E-state index in [2.05, 4.69) is 42.3 Å². The Kier molecular flexibility index (Phi) is 12.3. The van der Waals surface area contributed by atoms with Crippen LogP contribution in [0.2, 0.25) is 0 Å². The largest absolute Gasteiger partial charge is 0.379 e. The highest BCUT2D eigenvalue weighted by Gasteiger charge is 2.18. The molecular formula is C20H36IN7O2. The summed E-state index contributed by atoms with van der Waals surface area (Å²) in [5, 5.41) is 6.76. The van der Waals surface area contributed by atoms with Crippen LogP contribution in [0, 0.1) is 0 Å². The highest BCUT2D eigenvalue weighted by atomic mass is 127. The minimum atomic E-state index is 0. The van der Waals surface area contributed by atoms with E-state index in [1.165, 1.54) is 0 Å². The van der Waals surface area contributed by atoms with E-state index in [4.69, 9.17) is 9.47 Å². The molecule has 3 rings (SSSR count). The number of nitrogens with zero attached hydrogens (tertiary/aromatic N) is 5. The number of halogens is 1. The van der Waals surface area contributed by atoms with Gasteiger partial charge in [0.05, 0.1) is 12.7 Å². The number of nitrogens with one attached hydrogen (secondary N) is 2. The van der Waals surface area contributed by atoms with E-state index in [1.54, 1.807) is 12.4 Å². The Morgan fingerprint density at radius 1 is 1.23 bits per heavy atom. The van der Waals surface area contributed by atoms with E-state index in [0.717, 1.165) is 96.9 Å². The van der Waals surface area contributed by atoms with Crippen LogP contribution >= 0.6 is 24.0 Å². The number of piperazine rings is 1. The summed E-state index contributed by atoms with van der Waals surface area (Å²) in [5.74, 6) is 1.71. The van der Waals surface area contributed by atoms with Crippen LogP contribution in [-0.2, 0) is 9.47 Å². The molecule has 1 unspecified atom stereocenters. The van der Waals surface area contributed by atoms with Crippen molar-refractivity contribution in [1.29, 1.82) is 0 Å². The summed E-state index contributed by atoms with van der Waals surface area (Å²) in [6.45, 7) is 11.9. The zero-order valence-corrected chi connectivity index (χ0v) is 20.3. The van der Waals surface area contributed by atoms with Crippen molar-refractivity contribution in [2.75, 3.05) is 77.1 Å². The molecule has 1 atom stereocenters. The quantitative estimate of drug-likeness (QED) is 0.199. The van der Waals surface area contributed by atoms with Crippen LogP contribution in [0.5, 0.6) is 0 Å². The fourth-order valence-corrected chi connectivity index (χ4v) is 3.45. The predicted molar refractivity (Wildman–Crippen MR) is 130 cm³/mol. The van der Waals surface area contributed by atoms with Gasteiger partial charge in [0.15, 0.2) is 5.96 Å². The maximum Gasteiger partial charge on any atom is 0.225 e. The molecule has 1 aromatic rings. The second kappa shape index (κ2) is 14.7. The predicted octanol–water partition coefficient (Wildman–Crippen LogP) is 0.967. The molecule has 170 valence electrons. The first-order valence-corrected chi connectivity index (χ1v) is 10.8. The summed E-state index contributed by atoms with van der Waals surface area (Å²) in [4.78, 5) is 18.0. The molecule has 10 heteroatoms. The molecule has 1 aromatic heterocycles. The summed E-state index contributed by atoms with van der Waals surface area (Å²) < 4.78 is 11.1. The highest BCUT2D eigenvalue weighted by Crippen LogP contribution is 2.09. The van der Waals surface area contributed by atoms with Crippen molar-refractivity contribution in [2.24, 2.45) is 4.99 Å². The summed E-state index contributed by atoms with van der Waals surface area (Å²) in [7, 11) is 0. The number of hydrogen-bond donors (Lipinski definition) is 2. The van der Waals surface area contributed by atoms with Gasteiger partial charge in [-0.2, -0.15) is 0 Å². The van der Waals surface area contributed by atoms with Crippen LogP contribution in [-0.4, -0.2) is 99.1 Å². The van der Waals surface area contributed by atoms with Crippen LogP contribution in [0.4, 0.5) is 5.95 Å². The number of rotatable bonds is 10. The Hall–Kier alpha value is -1.24. The summed E-state index contributed by atoms with van der Waals surface area (Å²) in [6, 6.07) is 1.85. The van der Waals surface area contributed by atoms with E-state index in [1.807, 2.05) is 6.07 Å². The summed E-state index contributed by atoms with van der Waals surface area (Å²) in [6.07, 6.45) is 5.82. The van der Waals surface area contributed by atoms with Gasteiger partial charge in [0, 0.05) is 78.0 Å². The summed E-state index contributed by atoms with van der Waals surface area (Å²) in [5.41, 5.74) is 0. The Morgan fingerprint density at radius 2 is 2.03 bits per heavy atom. The average Bonchev–Trinajstić information content (AvgIpc) is 3.28. The second-order valence-electron chi connectivity index (χ2n) is 7.27. The topological polar surface area (TPSA) is 87.1 Å². The Bertz CT molecular complexity index is 594. The smallest absolute Gasteiger partial charge is 0.225 e. The molecule has 0 aliphatic carbocycles. The number of hydrogen-bond acceptors (Lipinski definition) is 7. The van der Waals surface area contributed by atoms with Gasteiger partial charge in [-0.3, -0.25) is 9.89 Å². The van der Waals surface area contributed by atoms with Crippen LogP contribution in [0.15, 0.2) is 23.5 Å². The lowest BCUT2D eigenvalue weighted by molar-refractivity contribution is 0.0424. The first kappa shape index (κ1) is 25.0. The lowest BCUT2D eigenvalue weighted by Gasteiger charge is -2.34. The van der Waals surface area contributed by atoms with Gasteiger partial charge in [-0.05, 0) is 25.8 Å². The van der Waals surface area contributed by atoms with Crippen LogP contribution in [0.25, 0.3) is 0 Å². The molecule has 0 spiro atoms. The molecule has 2 aliphatic rings. The van der Waals surface area contributed by atoms with E-state index in [0.29, 0.717) is 0 Å². The average molecular weight is 533 g/mol. The van der Waals surface area contributed by atoms with Crippen LogP contribution in [0.1, 0.15) is 19.8 Å². The molecule has 0 saturated carbocycles. The minimum Gasteiger partial charge on any atom is -0.379 e. The number of anilines is 1. The Morgan fingerprint density at radius 3 is 2.73 bits per heavy atom. The van der Waals surface area contributed by atoms with Gasteiger partial charge in [-0.1, -0.05) is 0 Å². The first-order chi connectivity index (χ1) is 14.3. The molecule has 0 bridgehead atoms. The highest BCUT2D eigenvalue weighted by molar-refractivity contribution is 14.0. The molecule has 0 radical (unpaired) electrons. The van der Waals surface area contributed by atoms with Crippen LogP contribution < -0.4 is 15.5 Å². The number of ether oxygens (including phenoxy) is 2. The molecular weight excluding hydrogens is 497 g/mol. The minimum absolute atomic E-state index is 0. The molecule has 2 N–H and O–H groups in total. The molecule has 30 heavy (non-hydrogen) atoms. The third-order valence-corrected chi connectivity index (χ3v) is 5.09. The van der Waals surface area contributed by atoms with Crippen molar-refractivity contribution < 1.29 is 9.47 Å². The van der Waals surface area contributed by atoms with Crippen molar-refractivity contribution in [3.05, 3.63) is 18.5 Å². The van der Waals surface area contributed by atoms with Gasteiger partial charge in [0.2, 0.25) is 5.95 Å². The SMILES string of the molecule is CCNC(=NCCCOC1CCOC1)NCCN1CCN(c2ncccn2)CC1.I. The zero-order chi connectivity index (χ0) is 20.2. The molecule has 2 fully saturated rings. The number of aliphatic imine (C=N–C) groups is 1. The van der Waals surface area contributed by atoms with Crippen molar-refractivity contribution in [1.82, 2.24) is 25.5 Å². The Balaban J connectivity index is 0.00000320. The molecule has 0 amide bonds. The standard InChI is InChI=1S/C20H35N7O2.HI/c1-2-21-19(22-8-4-15-29-18-5-16-28-17-18)23-9-10-26-11-13-27(14-12-26)20-24-6-3-7-25-20;/h3,6-7,18H,2,4-5,8-17H2,1H3,(H2,21,22,23);1H. The monoisotopic (exact) mass is 533 g/mol. The normalized spacial score (nSPS) is 20.1. The lowest BCUT2D eigenvalue weighted by Crippen LogP contribution is -2.49. The molecule has 3 heterocycles. The molecule has 0 aromatic carbocycles. The molecule has 2 saturated heterocycles. The molecule has 2 aliphatic heterocycles. The van der Waals surface area contributed by atoms with Gasteiger partial charge >= 0.3 is 0 Å². The third kappa shape index (κ3) is 8.86. The summed E-state index contributed by atoms with van der Waals surface area (Å²) >= 11 is 0. The zero-order valence-electron chi connectivity index (χ0n) is 18.0. The van der Waals surface area contributed by atoms with Crippen molar-refractivity contribution in [3.63, 3.8) is 0 Å². The van der Waals surface area contributed by atoms with Gasteiger partial charge in [-0.25, -0.2) is 9.97 Å². The maximum absolute atomic E-state index is 5.79. The van der Waals surface area contributed by atoms with Gasteiger partial charge in [-0.15, -0.1) is 24.0 Å². The number of guanidine groups is 1. The van der Waals surface area contributed by atoms with E-state index in [-0.39, 0.29) is 30.1 Å². The number of aromatic nitrogens is 2. The van der Waals surface area contributed by atoms with E-state index in [9.17, 15) is 0 Å². The molecule has 9 nitrogen and oxygen atoms in total. The second-order valence-corrected chi connectivity index (χ2v) is 7.27. The maximum atomic E-state index is 5.79. The van der Waals surface area contributed by atoms with Crippen molar-refractivity contribution in [2.45, 2.75) is 25.9 Å². The fourth-order valence-electron chi connectivity index (χ4n) is 3.45.